The summed E-state index contributed by atoms with van der Waals surface area (Å²) in [5.41, 5.74) is 1.37. The first-order valence-electron chi connectivity index (χ1n) is 4.37. The van der Waals surface area contributed by atoms with Gasteiger partial charge in [0.15, 0.2) is 11.5 Å². The quantitative estimate of drug-likeness (QED) is 0.577. The maximum absolute atomic E-state index is 10.9. The van der Waals surface area contributed by atoms with Gasteiger partial charge < -0.3 is 14.8 Å². The molecule has 1 aliphatic rings. The largest absolute Gasteiger partial charge is 0.454 e. The third kappa shape index (κ3) is 1.76. The molecule has 0 bridgehead atoms. The zero-order valence-electron chi connectivity index (χ0n) is 8.07. The summed E-state index contributed by atoms with van der Waals surface area (Å²) < 4.78 is 10.3. The van der Waals surface area contributed by atoms with Gasteiger partial charge in [-0.1, -0.05) is 0 Å². The molecule has 1 aromatic carbocycles. The molecule has 0 atom stereocenters. The van der Waals surface area contributed by atoms with E-state index in [1.165, 1.54) is 0 Å². The Balaban J connectivity index is 2.32. The molecule has 0 radical (unpaired) electrons. The lowest BCUT2D eigenvalue weighted by molar-refractivity contribution is -0.127. The Morgan fingerprint density at radius 1 is 1.40 bits per heavy atom. The SMILES string of the molecule is Cc1cc2c(cc1NC(=O)C=O)OCO2. The van der Waals surface area contributed by atoms with E-state index in [0.717, 1.165) is 5.56 Å². The van der Waals surface area contributed by atoms with Crippen LogP contribution >= 0.6 is 0 Å². The fraction of sp³-hybridized carbons (Fsp3) is 0.200. The van der Waals surface area contributed by atoms with Crippen molar-refractivity contribution >= 4 is 17.9 Å². The number of hydrogen-bond acceptors (Lipinski definition) is 4. The van der Waals surface area contributed by atoms with Crippen LogP contribution in [-0.2, 0) is 9.59 Å². The number of carbonyl (C=O) groups is 2. The zero-order chi connectivity index (χ0) is 10.8. The fourth-order valence-electron chi connectivity index (χ4n) is 1.34. The Kier molecular flexibility index (Phi) is 2.29. The topological polar surface area (TPSA) is 64.6 Å². The van der Waals surface area contributed by atoms with Crippen LogP contribution in [0, 0.1) is 6.92 Å². The number of ether oxygens (including phenoxy) is 2. The first-order chi connectivity index (χ1) is 7.20. The third-order valence-electron chi connectivity index (χ3n) is 2.08. The van der Waals surface area contributed by atoms with Crippen LogP contribution in [0.5, 0.6) is 11.5 Å². The highest BCUT2D eigenvalue weighted by atomic mass is 16.7. The Morgan fingerprint density at radius 2 is 2.07 bits per heavy atom. The average Bonchev–Trinajstić information content (AvgIpc) is 2.65. The molecule has 0 fully saturated rings. The Morgan fingerprint density at radius 3 is 2.73 bits per heavy atom. The van der Waals surface area contributed by atoms with E-state index in [2.05, 4.69) is 5.32 Å². The predicted octanol–water partition coefficient (Wildman–Crippen LogP) is 0.861. The van der Waals surface area contributed by atoms with Crippen LogP contribution < -0.4 is 14.8 Å². The van der Waals surface area contributed by atoms with Crippen LogP contribution in [0.2, 0.25) is 0 Å². The van der Waals surface area contributed by atoms with E-state index in [1.807, 2.05) is 6.92 Å². The summed E-state index contributed by atoms with van der Waals surface area (Å²) >= 11 is 0. The van der Waals surface area contributed by atoms with Gasteiger partial charge in [0.1, 0.15) is 0 Å². The molecule has 0 aliphatic carbocycles. The number of hydrogen-bond donors (Lipinski definition) is 1. The molecule has 5 heteroatoms. The first kappa shape index (κ1) is 9.51. The van der Waals surface area contributed by atoms with Gasteiger partial charge in [-0.15, -0.1) is 0 Å². The summed E-state index contributed by atoms with van der Waals surface area (Å²) in [6.45, 7) is 1.99. The zero-order valence-corrected chi connectivity index (χ0v) is 8.07. The number of rotatable bonds is 2. The third-order valence-corrected chi connectivity index (χ3v) is 2.08. The number of nitrogens with one attached hydrogen (secondary N) is 1. The van der Waals surface area contributed by atoms with Crippen molar-refractivity contribution in [1.82, 2.24) is 0 Å². The van der Waals surface area contributed by atoms with Crippen LogP contribution in [0.1, 0.15) is 5.56 Å². The van der Waals surface area contributed by atoms with E-state index in [-0.39, 0.29) is 13.1 Å². The van der Waals surface area contributed by atoms with Gasteiger partial charge in [0, 0.05) is 11.8 Å². The molecule has 1 amide bonds. The molecule has 15 heavy (non-hydrogen) atoms. The lowest BCUT2D eigenvalue weighted by Crippen LogP contribution is -2.12. The van der Waals surface area contributed by atoms with Gasteiger partial charge in [-0.2, -0.15) is 0 Å². The van der Waals surface area contributed by atoms with Crippen molar-refractivity contribution in [3.63, 3.8) is 0 Å². The molecule has 0 aromatic heterocycles. The lowest BCUT2D eigenvalue weighted by Gasteiger charge is -2.06. The number of amides is 1. The monoisotopic (exact) mass is 207 g/mol. The molecule has 2 rings (SSSR count). The highest BCUT2D eigenvalue weighted by Crippen LogP contribution is 2.36. The van der Waals surface area contributed by atoms with E-state index >= 15 is 0 Å². The maximum atomic E-state index is 10.9. The molecule has 1 heterocycles. The molecule has 0 saturated carbocycles. The molecule has 1 aromatic rings. The van der Waals surface area contributed by atoms with Crippen molar-refractivity contribution < 1.29 is 19.1 Å². The molecule has 78 valence electrons. The minimum atomic E-state index is -0.683. The summed E-state index contributed by atoms with van der Waals surface area (Å²) in [5.74, 6) is 0.537. The first-order valence-corrected chi connectivity index (χ1v) is 4.37. The van der Waals surface area contributed by atoms with E-state index in [9.17, 15) is 9.59 Å². The van der Waals surface area contributed by atoms with Crippen molar-refractivity contribution in [2.24, 2.45) is 0 Å². The summed E-state index contributed by atoms with van der Waals surface area (Å²) in [6.07, 6.45) is 0.226. The number of benzene rings is 1. The van der Waals surface area contributed by atoms with Crippen LogP contribution in [0.4, 0.5) is 5.69 Å². The van der Waals surface area contributed by atoms with Crippen LogP contribution in [0.3, 0.4) is 0 Å². The smallest absolute Gasteiger partial charge is 0.288 e. The highest BCUT2D eigenvalue weighted by Gasteiger charge is 2.16. The number of aldehydes is 1. The standard InChI is InChI=1S/C10H9NO4/c1-6-2-8-9(15-5-14-8)3-7(6)11-10(13)4-12/h2-4H,5H2,1H3,(H,11,13). The van der Waals surface area contributed by atoms with E-state index in [0.29, 0.717) is 17.2 Å². The molecule has 5 nitrogen and oxygen atoms in total. The molecular weight excluding hydrogens is 198 g/mol. The number of anilines is 1. The second-order valence-corrected chi connectivity index (χ2v) is 3.13. The van der Waals surface area contributed by atoms with Gasteiger partial charge in [0.2, 0.25) is 13.1 Å². The Hall–Kier alpha value is -2.04. The normalized spacial score (nSPS) is 12.3. The minimum Gasteiger partial charge on any atom is -0.454 e. The minimum absolute atomic E-state index is 0.180. The molecule has 0 spiro atoms. The second-order valence-electron chi connectivity index (χ2n) is 3.13. The fourth-order valence-corrected chi connectivity index (χ4v) is 1.34. The highest BCUT2D eigenvalue weighted by molar-refractivity contribution is 6.29. The van der Waals surface area contributed by atoms with Crippen LogP contribution in [0.25, 0.3) is 0 Å². The number of fused-ring (bicyclic) bond motifs is 1. The lowest BCUT2D eigenvalue weighted by atomic mass is 10.2. The second kappa shape index (κ2) is 3.61. The summed E-state index contributed by atoms with van der Waals surface area (Å²) in [7, 11) is 0. The van der Waals surface area contributed by atoms with Gasteiger partial charge >= 0.3 is 0 Å². The molecule has 0 unspecified atom stereocenters. The van der Waals surface area contributed by atoms with Crippen molar-refractivity contribution in [3.05, 3.63) is 17.7 Å². The van der Waals surface area contributed by atoms with Crippen LogP contribution in [0.15, 0.2) is 12.1 Å². The molecule has 1 N–H and O–H groups in total. The van der Waals surface area contributed by atoms with Gasteiger partial charge in [0.05, 0.1) is 0 Å². The summed E-state index contributed by atoms with van der Waals surface area (Å²) in [4.78, 5) is 21.1. The summed E-state index contributed by atoms with van der Waals surface area (Å²) in [6, 6.07) is 3.39. The van der Waals surface area contributed by atoms with Crippen molar-refractivity contribution in [1.29, 1.82) is 0 Å². The van der Waals surface area contributed by atoms with Gasteiger partial charge in [-0.3, -0.25) is 9.59 Å². The van der Waals surface area contributed by atoms with Crippen LogP contribution in [-0.4, -0.2) is 19.0 Å². The molecule has 1 aliphatic heterocycles. The maximum Gasteiger partial charge on any atom is 0.288 e. The van der Waals surface area contributed by atoms with Crippen molar-refractivity contribution in [3.8, 4) is 11.5 Å². The molecular formula is C10H9NO4. The average molecular weight is 207 g/mol. The van der Waals surface area contributed by atoms with E-state index in [4.69, 9.17) is 9.47 Å². The van der Waals surface area contributed by atoms with Gasteiger partial charge in [-0.05, 0) is 18.6 Å². The van der Waals surface area contributed by atoms with Crippen molar-refractivity contribution in [2.45, 2.75) is 6.92 Å². The van der Waals surface area contributed by atoms with E-state index < -0.39 is 5.91 Å². The predicted molar refractivity (Wildman–Crippen MR) is 52.0 cm³/mol. The number of carbonyl (C=O) groups excluding carboxylic acids is 2. The molecule has 0 saturated heterocycles. The van der Waals surface area contributed by atoms with Gasteiger partial charge in [0.25, 0.3) is 5.91 Å². The summed E-state index contributed by atoms with van der Waals surface area (Å²) in [5, 5.41) is 2.45. The van der Waals surface area contributed by atoms with Crippen molar-refractivity contribution in [2.75, 3.05) is 12.1 Å². The number of aryl methyl sites for hydroxylation is 1. The Labute approximate surface area is 86.0 Å². The van der Waals surface area contributed by atoms with Gasteiger partial charge in [-0.25, -0.2) is 0 Å². The van der Waals surface area contributed by atoms with E-state index in [1.54, 1.807) is 12.1 Å². The Bertz CT molecular complexity index is 428.